The molecule has 1 aliphatic rings. The van der Waals surface area contributed by atoms with Crippen LogP contribution in [0.2, 0.25) is 0 Å². The SMILES string of the molecule is COC(=O)N1CC=CNC1=O. The number of carbonyl (C=O) groups is 2. The number of carbonyl (C=O) groups excluding carboxylic acids is 2. The summed E-state index contributed by atoms with van der Waals surface area (Å²) in [4.78, 5) is 22.6. The molecule has 0 aliphatic carbocycles. The molecule has 0 bridgehead atoms. The Hall–Kier alpha value is -1.52. The molecule has 0 saturated heterocycles. The Kier molecular flexibility index (Phi) is 2.10. The van der Waals surface area contributed by atoms with Crippen molar-refractivity contribution >= 4 is 12.1 Å². The van der Waals surface area contributed by atoms with E-state index < -0.39 is 12.1 Å². The smallest absolute Gasteiger partial charge is 0.418 e. The first-order chi connectivity index (χ1) is 5.25. The monoisotopic (exact) mass is 156 g/mol. The van der Waals surface area contributed by atoms with Gasteiger partial charge < -0.3 is 10.1 Å². The van der Waals surface area contributed by atoms with Crippen molar-refractivity contribution in [1.82, 2.24) is 10.2 Å². The molecule has 0 fully saturated rings. The molecule has 0 aromatic heterocycles. The Morgan fingerprint density at radius 2 is 2.55 bits per heavy atom. The van der Waals surface area contributed by atoms with Gasteiger partial charge in [-0.15, -0.1) is 0 Å². The van der Waals surface area contributed by atoms with Crippen molar-refractivity contribution < 1.29 is 14.3 Å². The van der Waals surface area contributed by atoms with Crippen LogP contribution in [0.5, 0.6) is 0 Å². The number of amides is 3. The third kappa shape index (κ3) is 1.49. The van der Waals surface area contributed by atoms with E-state index in [1.807, 2.05) is 0 Å². The standard InChI is InChI=1S/C6H8N2O3/c1-11-6(10)8-4-2-3-7-5(8)9/h2-3H,4H2,1H3,(H,7,9). The number of rotatable bonds is 0. The predicted molar refractivity (Wildman–Crippen MR) is 36.8 cm³/mol. The van der Waals surface area contributed by atoms with Crippen LogP contribution in [-0.2, 0) is 4.74 Å². The second-order valence-corrected chi connectivity index (χ2v) is 1.93. The molecule has 1 rings (SSSR count). The van der Waals surface area contributed by atoms with E-state index in [9.17, 15) is 9.59 Å². The summed E-state index contributed by atoms with van der Waals surface area (Å²) in [5.41, 5.74) is 0. The van der Waals surface area contributed by atoms with E-state index in [0.717, 1.165) is 4.90 Å². The highest BCUT2D eigenvalue weighted by molar-refractivity contribution is 5.92. The molecule has 5 nitrogen and oxygen atoms in total. The highest BCUT2D eigenvalue weighted by Crippen LogP contribution is 1.98. The fourth-order valence-corrected chi connectivity index (χ4v) is 0.717. The maximum absolute atomic E-state index is 10.9. The second kappa shape index (κ2) is 3.05. The zero-order chi connectivity index (χ0) is 8.27. The lowest BCUT2D eigenvalue weighted by Crippen LogP contribution is -2.44. The molecule has 0 aromatic carbocycles. The first-order valence-electron chi connectivity index (χ1n) is 3.06. The third-order valence-corrected chi connectivity index (χ3v) is 1.25. The minimum Gasteiger partial charge on any atom is -0.452 e. The van der Waals surface area contributed by atoms with E-state index in [1.54, 1.807) is 6.08 Å². The summed E-state index contributed by atoms with van der Waals surface area (Å²) in [6.45, 7) is 0.262. The molecule has 0 atom stereocenters. The Morgan fingerprint density at radius 1 is 1.82 bits per heavy atom. The van der Waals surface area contributed by atoms with Crippen LogP contribution in [0.1, 0.15) is 0 Å². The normalized spacial score (nSPS) is 16.1. The molecule has 0 unspecified atom stereocenters. The number of nitrogens with zero attached hydrogens (tertiary/aromatic N) is 1. The lowest BCUT2D eigenvalue weighted by Gasteiger charge is -2.19. The number of hydrogen-bond donors (Lipinski definition) is 1. The third-order valence-electron chi connectivity index (χ3n) is 1.25. The fraction of sp³-hybridized carbons (Fsp3) is 0.333. The molecule has 1 heterocycles. The van der Waals surface area contributed by atoms with Gasteiger partial charge in [-0.2, -0.15) is 0 Å². The van der Waals surface area contributed by atoms with Gasteiger partial charge in [-0.25, -0.2) is 14.5 Å². The number of hydrogen-bond acceptors (Lipinski definition) is 3. The quantitative estimate of drug-likeness (QED) is 0.548. The summed E-state index contributed by atoms with van der Waals surface area (Å²) >= 11 is 0. The number of methoxy groups -OCH3 is 1. The maximum Gasteiger partial charge on any atom is 0.418 e. The highest BCUT2D eigenvalue weighted by Gasteiger charge is 2.21. The largest absolute Gasteiger partial charge is 0.452 e. The number of nitrogens with one attached hydrogen (secondary N) is 1. The van der Waals surface area contributed by atoms with Crippen LogP contribution in [0.15, 0.2) is 12.3 Å². The van der Waals surface area contributed by atoms with Crippen molar-refractivity contribution in [3.63, 3.8) is 0 Å². The summed E-state index contributed by atoms with van der Waals surface area (Å²) in [7, 11) is 1.23. The van der Waals surface area contributed by atoms with Gasteiger partial charge in [-0.3, -0.25) is 0 Å². The van der Waals surface area contributed by atoms with E-state index >= 15 is 0 Å². The van der Waals surface area contributed by atoms with Crippen molar-refractivity contribution in [3.8, 4) is 0 Å². The lowest BCUT2D eigenvalue weighted by atomic mass is 10.5. The molecule has 0 spiro atoms. The minimum atomic E-state index is -0.646. The summed E-state index contributed by atoms with van der Waals surface area (Å²) in [6.07, 6.45) is 2.49. The Balaban J connectivity index is 2.64. The van der Waals surface area contributed by atoms with Crippen LogP contribution < -0.4 is 5.32 Å². The van der Waals surface area contributed by atoms with Gasteiger partial charge in [0.25, 0.3) is 0 Å². The van der Waals surface area contributed by atoms with Gasteiger partial charge in [0.2, 0.25) is 0 Å². The van der Waals surface area contributed by atoms with E-state index in [2.05, 4.69) is 10.1 Å². The van der Waals surface area contributed by atoms with Gasteiger partial charge in [-0.1, -0.05) is 0 Å². The maximum atomic E-state index is 10.9. The zero-order valence-corrected chi connectivity index (χ0v) is 6.03. The van der Waals surface area contributed by atoms with Crippen molar-refractivity contribution in [1.29, 1.82) is 0 Å². The molecule has 0 saturated carbocycles. The van der Waals surface area contributed by atoms with Crippen molar-refractivity contribution in [3.05, 3.63) is 12.3 Å². The average molecular weight is 156 g/mol. The Morgan fingerprint density at radius 3 is 3.09 bits per heavy atom. The number of urea groups is 1. The molecule has 3 amide bonds. The van der Waals surface area contributed by atoms with Crippen molar-refractivity contribution in [2.24, 2.45) is 0 Å². The van der Waals surface area contributed by atoms with Crippen LogP contribution in [-0.4, -0.2) is 30.7 Å². The van der Waals surface area contributed by atoms with E-state index in [1.165, 1.54) is 13.3 Å². The van der Waals surface area contributed by atoms with Crippen LogP contribution in [0, 0.1) is 0 Å². The van der Waals surface area contributed by atoms with Crippen LogP contribution >= 0.6 is 0 Å². The Labute approximate surface area is 63.6 Å². The average Bonchev–Trinajstić information content (AvgIpc) is 2.04. The fourth-order valence-electron chi connectivity index (χ4n) is 0.717. The molecule has 11 heavy (non-hydrogen) atoms. The van der Waals surface area contributed by atoms with Gasteiger partial charge in [0, 0.05) is 6.20 Å². The summed E-state index contributed by atoms with van der Waals surface area (Å²) in [5, 5.41) is 2.35. The molecule has 5 heteroatoms. The van der Waals surface area contributed by atoms with E-state index in [4.69, 9.17) is 0 Å². The summed E-state index contributed by atoms with van der Waals surface area (Å²) in [5.74, 6) is 0. The van der Waals surface area contributed by atoms with Crippen LogP contribution in [0.25, 0.3) is 0 Å². The van der Waals surface area contributed by atoms with Gasteiger partial charge in [0.1, 0.15) is 0 Å². The molecular formula is C6H8N2O3. The zero-order valence-electron chi connectivity index (χ0n) is 6.03. The predicted octanol–water partition coefficient (Wildman–Crippen LogP) is 0.292. The first-order valence-corrected chi connectivity index (χ1v) is 3.06. The van der Waals surface area contributed by atoms with E-state index in [-0.39, 0.29) is 6.54 Å². The molecular weight excluding hydrogens is 148 g/mol. The van der Waals surface area contributed by atoms with Crippen molar-refractivity contribution in [2.45, 2.75) is 0 Å². The molecule has 0 radical (unpaired) electrons. The lowest BCUT2D eigenvalue weighted by molar-refractivity contribution is 0.132. The number of imide groups is 1. The topological polar surface area (TPSA) is 58.6 Å². The van der Waals surface area contributed by atoms with Gasteiger partial charge in [0.05, 0.1) is 13.7 Å². The molecule has 0 aromatic rings. The van der Waals surface area contributed by atoms with E-state index in [0.29, 0.717) is 0 Å². The Bertz CT molecular complexity index is 212. The van der Waals surface area contributed by atoms with Gasteiger partial charge >= 0.3 is 12.1 Å². The van der Waals surface area contributed by atoms with Crippen LogP contribution in [0.3, 0.4) is 0 Å². The minimum absolute atomic E-state index is 0.262. The molecule has 1 N–H and O–H groups in total. The van der Waals surface area contributed by atoms with Gasteiger partial charge in [0.15, 0.2) is 0 Å². The van der Waals surface area contributed by atoms with Crippen molar-refractivity contribution in [2.75, 3.05) is 13.7 Å². The molecule has 1 aliphatic heterocycles. The van der Waals surface area contributed by atoms with Gasteiger partial charge in [-0.05, 0) is 6.08 Å². The van der Waals surface area contributed by atoms with Crippen LogP contribution in [0.4, 0.5) is 9.59 Å². The first kappa shape index (κ1) is 7.59. The second-order valence-electron chi connectivity index (χ2n) is 1.93. The summed E-state index contributed by atoms with van der Waals surface area (Å²) < 4.78 is 4.35. The highest BCUT2D eigenvalue weighted by atomic mass is 16.5. The number of ether oxygens (including phenoxy) is 1. The molecule has 60 valence electrons. The summed E-state index contributed by atoms with van der Waals surface area (Å²) in [6, 6.07) is -0.459.